The second-order valence-corrected chi connectivity index (χ2v) is 5.79. The lowest BCUT2D eigenvalue weighted by atomic mass is 10.1. The fraction of sp³-hybridized carbons (Fsp3) is 0.105. The van der Waals surface area contributed by atoms with Gasteiger partial charge >= 0.3 is 5.97 Å². The van der Waals surface area contributed by atoms with E-state index in [1.807, 2.05) is 6.07 Å². The number of anilines is 1. The van der Waals surface area contributed by atoms with Gasteiger partial charge in [-0.15, -0.1) is 0 Å². The fourth-order valence-corrected chi connectivity index (χ4v) is 2.85. The van der Waals surface area contributed by atoms with Crippen LogP contribution in [0, 0.1) is 0 Å². The van der Waals surface area contributed by atoms with Crippen LogP contribution in [-0.2, 0) is 4.79 Å². The first-order chi connectivity index (χ1) is 12.5. The largest absolute Gasteiger partial charge is 0.478 e. The van der Waals surface area contributed by atoms with Gasteiger partial charge in [0, 0.05) is 0 Å². The summed E-state index contributed by atoms with van der Waals surface area (Å²) in [6, 6.07) is 11.5. The molecule has 0 bridgehead atoms. The normalized spacial score (nSPS) is 17.0. The molecule has 26 heavy (non-hydrogen) atoms. The molecule has 0 aliphatic carbocycles. The number of carboxylic acid groups (broad SMARTS) is 1. The minimum atomic E-state index is -1.02. The van der Waals surface area contributed by atoms with Crippen LogP contribution in [0.1, 0.15) is 22.8 Å². The molecule has 1 N–H and O–H groups in total. The Morgan fingerprint density at radius 3 is 2.62 bits per heavy atom. The van der Waals surface area contributed by atoms with E-state index < -0.39 is 5.97 Å². The highest BCUT2D eigenvalue weighted by Crippen LogP contribution is 2.34. The lowest BCUT2D eigenvalue weighted by Gasteiger charge is -2.16. The Balaban J connectivity index is 1.62. The molecule has 0 unspecified atom stereocenters. The molecule has 1 amide bonds. The summed E-state index contributed by atoms with van der Waals surface area (Å²) in [5, 5.41) is 8.99. The van der Waals surface area contributed by atoms with E-state index in [1.165, 1.54) is 17.0 Å². The fourth-order valence-electron chi connectivity index (χ4n) is 2.85. The molecular formula is C19H14N2O5. The van der Waals surface area contributed by atoms with E-state index in [-0.39, 0.29) is 18.3 Å². The summed E-state index contributed by atoms with van der Waals surface area (Å²) in [7, 11) is 0. The molecule has 0 spiro atoms. The lowest BCUT2D eigenvalue weighted by Crippen LogP contribution is -2.30. The molecule has 0 atom stereocenters. The summed E-state index contributed by atoms with van der Waals surface area (Å²) in [4.78, 5) is 29.5. The minimum Gasteiger partial charge on any atom is -0.478 e. The standard InChI is InChI=1S/C19H14N2O5/c1-11-20-15(8-12-2-7-16-17(9-12)26-10-25-16)18(22)21(11)14-5-3-13(4-6-14)19(23)24/h2-9H,10H2,1H3,(H,23,24)/b15-8-. The predicted octanol–water partition coefficient (Wildman–Crippen LogP) is 2.92. The van der Waals surface area contributed by atoms with E-state index in [9.17, 15) is 9.59 Å². The summed E-state index contributed by atoms with van der Waals surface area (Å²) in [6.45, 7) is 1.91. The van der Waals surface area contributed by atoms with Gasteiger partial charge in [-0.05, 0) is 55.0 Å². The van der Waals surface area contributed by atoms with Gasteiger partial charge in [0.1, 0.15) is 11.5 Å². The molecule has 130 valence electrons. The van der Waals surface area contributed by atoms with Gasteiger partial charge in [0.15, 0.2) is 11.5 Å². The first kappa shape index (κ1) is 15.9. The van der Waals surface area contributed by atoms with Gasteiger partial charge in [0.05, 0.1) is 11.3 Å². The van der Waals surface area contributed by atoms with Crippen LogP contribution in [0.15, 0.2) is 53.2 Å². The van der Waals surface area contributed by atoms with Crippen molar-refractivity contribution in [1.29, 1.82) is 0 Å². The summed E-state index contributed by atoms with van der Waals surface area (Å²) in [5.41, 5.74) is 1.79. The number of hydrogen-bond acceptors (Lipinski definition) is 5. The topological polar surface area (TPSA) is 88.4 Å². The zero-order chi connectivity index (χ0) is 18.3. The summed E-state index contributed by atoms with van der Waals surface area (Å²) in [6.07, 6.45) is 1.68. The Labute approximate surface area is 148 Å². The van der Waals surface area contributed by atoms with E-state index in [1.54, 1.807) is 37.3 Å². The average molecular weight is 350 g/mol. The number of fused-ring (bicyclic) bond motifs is 1. The molecule has 2 heterocycles. The number of nitrogens with zero attached hydrogens (tertiary/aromatic N) is 2. The van der Waals surface area contributed by atoms with Gasteiger partial charge in [-0.25, -0.2) is 9.79 Å². The van der Waals surface area contributed by atoms with Crippen LogP contribution in [0.3, 0.4) is 0 Å². The molecule has 7 heteroatoms. The van der Waals surface area contributed by atoms with E-state index in [0.29, 0.717) is 28.7 Å². The highest BCUT2D eigenvalue weighted by atomic mass is 16.7. The molecule has 0 fully saturated rings. The SMILES string of the molecule is CC1=N/C(=C\c2ccc3c(c2)OCO3)C(=O)N1c1ccc(C(=O)O)cc1. The van der Waals surface area contributed by atoms with Crippen LogP contribution in [0.25, 0.3) is 6.08 Å². The van der Waals surface area contributed by atoms with Gasteiger partial charge in [0.25, 0.3) is 5.91 Å². The maximum atomic E-state index is 12.7. The van der Waals surface area contributed by atoms with E-state index in [2.05, 4.69) is 4.99 Å². The lowest BCUT2D eigenvalue weighted by molar-refractivity contribution is -0.113. The van der Waals surface area contributed by atoms with Crippen LogP contribution in [-0.4, -0.2) is 29.6 Å². The number of aromatic carboxylic acids is 1. The zero-order valence-electron chi connectivity index (χ0n) is 13.8. The van der Waals surface area contributed by atoms with Gasteiger partial charge < -0.3 is 14.6 Å². The molecular weight excluding hydrogens is 336 g/mol. The number of rotatable bonds is 3. The Hall–Kier alpha value is -3.61. The number of amides is 1. The van der Waals surface area contributed by atoms with Crippen molar-refractivity contribution in [1.82, 2.24) is 0 Å². The Bertz CT molecular complexity index is 976. The number of carbonyl (C=O) groups is 2. The zero-order valence-corrected chi connectivity index (χ0v) is 13.8. The monoisotopic (exact) mass is 350 g/mol. The second-order valence-electron chi connectivity index (χ2n) is 5.79. The van der Waals surface area contributed by atoms with Crippen LogP contribution in [0.4, 0.5) is 5.69 Å². The van der Waals surface area contributed by atoms with E-state index >= 15 is 0 Å². The number of ether oxygens (including phenoxy) is 2. The van der Waals surface area contributed by atoms with Crippen LogP contribution in [0.2, 0.25) is 0 Å². The maximum absolute atomic E-state index is 12.7. The van der Waals surface area contributed by atoms with E-state index in [0.717, 1.165) is 5.56 Å². The van der Waals surface area contributed by atoms with Crippen molar-refractivity contribution in [3.8, 4) is 11.5 Å². The maximum Gasteiger partial charge on any atom is 0.335 e. The first-order valence-electron chi connectivity index (χ1n) is 7.87. The van der Waals surface area contributed by atoms with Gasteiger partial charge in [-0.2, -0.15) is 0 Å². The van der Waals surface area contributed by atoms with Crippen molar-refractivity contribution in [3.63, 3.8) is 0 Å². The third-order valence-corrected chi connectivity index (χ3v) is 4.10. The number of amidine groups is 1. The van der Waals surface area contributed by atoms with Gasteiger partial charge in [-0.3, -0.25) is 9.69 Å². The molecule has 4 rings (SSSR count). The molecule has 0 aromatic heterocycles. The smallest absolute Gasteiger partial charge is 0.335 e. The molecule has 2 aliphatic heterocycles. The Morgan fingerprint density at radius 1 is 1.15 bits per heavy atom. The minimum absolute atomic E-state index is 0.158. The van der Waals surface area contributed by atoms with Crippen molar-refractivity contribution < 1.29 is 24.2 Å². The highest BCUT2D eigenvalue weighted by molar-refractivity contribution is 6.28. The molecule has 2 aliphatic rings. The summed E-state index contributed by atoms with van der Waals surface area (Å²) < 4.78 is 10.6. The molecule has 7 nitrogen and oxygen atoms in total. The Kier molecular flexibility index (Phi) is 3.69. The van der Waals surface area contributed by atoms with Crippen molar-refractivity contribution in [3.05, 3.63) is 59.3 Å². The van der Waals surface area contributed by atoms with Crippen LogP contribution < -0.4 is 14.4 Å². The van der Waals surface area contributed by atoms with Crippen LogP contribution >= 0.6 is 0 Å². The number of hydrogen-bond donors (Lipinski definition) is 1. The van der Waals surface area contributed by atoms with Crippen molar-refractivity contribution in [2.45, 2.75) is 6.92 Å². The van der Waals surface area contributed by atoms with Crippen molar-refractivity contribution >= 4 is 29.5 Å². The quantitative estimate of drug-likeness (QED) is 0.860. The van der Waals surface area contributed by atoms with Gasteiger partial charge in [0.2, 0.25) is 6.79 Å². The highest BCUT2D eigenvalue weighted by Gasteiger charge is 2.29. The van der Waals surface area contributed by atoms with Crippen molar-refractivity contribution in [2.24, 2.45) is 4.99 Å². The number of carbonyl (C=O) groups excluding carboxylic acids is 1. The summed E-state index contributed by atoms with van der Waals surface area (Å²) in [5.74, 6) is 0.530. The van der Waals surface area contributed by atoms with Gasteiger partial charge in [-0.1, -0.05) is 6.07 Å². The third-order valence-electron chi connectivity index (χ3n) is 4.10. The van der Waals surface area contributed by atoms with E-state index in [4.69, 9.17) is 14.6 Å². The third kappa shape index (κ3) is 2.69. The molecule has 0 saturated carbocycles. The molecule has 0 saturated heterocycles. The molecule has 2 aromatic carbocycles. The Morgan fingerprint density at radius 2 is 1.88 bits per heavy atom. The number of carboxylic acids is 1. The predicted molar refractivity (Wildman–Crippen MR) is 94.5 cm³/mol. The van der Waals surface area contributed by atoms with Crippen LogP contribution in [0.5, 0.6) is 11.5 Å². The molecule has 2 aromatic rings. The molecule has 0 radical (unpaired) electrons. The first-order valence-corrected chi connectivity index (χ1v) is 7.87. The number of benzene rings is 2. The average Bonchev–Trinajstić information content (AvgIpc) is 3.19. The summed E-state index contributed by atoms with van der Waals surface area (Å²) >= 11 is 0. The number of aliphatic imine (C=N–C) groups is 1. The second kappa shape index (κ2) is 6.03. The van der Waals surface area contributed by atoms with Crippen molar-refractivity contribution in [2.75, 3.05) is 11.7 Å².